The molecule has 2 N–H and O–H groups in total. The monoisotopic (exact) mass is 321 g/mol. The number of amides is 1. The van der Waals surface area contributed by atoms with Gasteiger partial charge in [-0.1, -0.05) is 30.1 Å². The van der Waals surface area contributed by atoms with E-state index in [1.807, 2.05) is 6.92 Å². The summed E-state index contributed by atoms with van der Waals surface area (Å²) in [4.78, 5) is 15.2. The molecule has 2 heterocycles. The molecule has 0 spiro atoms. The van der Waals surface area contributed by atoms with Crippen molar-refractivity contribution in [3.63, 3.8) is 0 Å². The summed E-state index contributed by atoms with van der Waals surface area (Å²) < 4.78 is 0. The number of rotatable bonds is 1. The summed E-state index contributed by atoms with van der Waals surface area (Å²) in [5.41, 5.74) is 3.45. The first kappa shape index (κ1) is 14.2. The Morgan fingerprint density at radius 3 is 2.95 bits per heavy atom. The Balaban J connectivity index is 2.37. The molecule has 0 saturated carbocycles. The molecule has 1 unspecified atom stereocenters. The smallest absolute Gasteiger partial charge is 0.224 e. The highest BCUT2D eigenvalue weighted by Gasteiger charge is 2.26. The maximum absolute atomic E-state index is 11.9. The average Bonchev–Trinajstić information content (AvgIpc) is 2.75. The molecule has 1 aliphatic rings. The second-order valence-electron chi connectivity index (χ2n) is 5.32. The van der Waals surface area contributed by atoms with Gasteiger partial charge in [-0.25, -0.2) is 0 Å². The van der Waals surface area contributed by atoms with Crippen molar-refractivity contribution in [2.45, 2.75) is 25.7 Å². The van der Waals surface area contributed by atoms with Gasteiger partial charge in [0.15, 0.2) is 0 Å². The highest BCUT2D eigenvalue weighted by Crippen LogP contribution is 2.39. The van der Waals surface area contributed by atoms with Crippen molar-refractivity contribution in [1.82, 2.24) is 10.3 Å². The number of hydrogen-bond acceptors (Lipinski definition) is 2. The molecule has 1 amide bonds. The van der Waals surface area contributed by atoms with E-state index in [0.29, 0.717) is 16.6 Å². The quantitative estimate of drug-likeness (QED) is 0.846. The highest BCUT2D eigenvalue weighted by atomic mass is 35.5. The largest absolute Gasteiger partial charge is 0.357 e. The van der Waals surface area contributed by atoms with Crippen LogP contribution in [0.2, 0.25) is 10.0 Å². The van der Waals surface area contributed by atoms with E-state index >= 15 is 0 Å². The van der Waals surface area contributed by atoms with Gasteiger partial charge in [0, 0.05) is 23.5 Å². The zero-order valence-corrected chi connectivity index (χ0v) is 12.9. The third-order valence-corrected chi connectivity index (χ3v) is 4.68. The van der Waals surface area contributed by atoms with Crippen LogP contribution in [0.15, 0.2) is 6.07 Å². The van der Waals surface area contributed by atoms with Crippen LogP contribution < -0.4 is 5.32 Å². The third kappa shape index (κ3) is 2.27. The minimum absolute atomic E-state index is 0.0181. The van der Waals surface area contributed by atoms with Crippen molar-refractivity contribution in [3.8, 4) is 6.07 Å². The number of H-pyrrole nitrogens is 1. The number of fused-ring (bicyclic) bond motifs is 3. The van der Waals surface area contributed by atoms with Crippen LogP contribution in [0.4, 0.5) is 0 Å². The van der Waals surface area contributed by atoms with E-state index in [-0.39, 0.29) is 24.7 Å². The topological polar surface area (TPSA) is 68.7 Å². The first-order valence-electron chi connectivity index (χ1n) is 6.68. The van der Waals surface area contributed by atoms with Crippen LogP contribution in [0.3, 0.4) is 0 Å². The normalized spacial score (nSPS) is 18.0. The number of aromatic nitrogens is 1. The Morgan fingerprint density at radius 1 is 1.48 bits per heavy atom. The van der Waals surface area contributed by atoms with Crippen molar-refractivity contribution >= 4 is 40.0 Å². The SMILES string of the molecule is CC1CNC(=O)Cc2c1[nH]c1c(Cl)c(Cl)cc(CC#N)c21. The first-order chi connectivity index (χ1) is 10.0. The van der Waals surface area contributed by atoms with Crippen molar-refractivity contribution in [2.24, 2.45) is 0 Å². The Morgan fingerprint density at radius 2 is 2.24 bits per heavy atom. The van der Waals surface area contributed by atoms with Gasteiger partial charge in [0.05, 0.1) is 34.5 Å². The lowest BCUT2D eigenvalue weighted by Crippen LogP contribution is -2.25. The molecule has 6 heteroatoms. The van der Waals surface area contributed by atoms with E-state index in [9.17, 15) is 4.79 Å². The summed E-state index contributed by atoms with van der Waals surface area (Å²) in [5, 5.41) is 13.6. The molecule has 0 saturated heterocycles. The fourth-order valence-electron chi connectivity index (χ4n) is 2.91. The molecule has 21 heavy (non-hydrogen) atoms. The summed E-state index contributed by atoms with van der Waals surface area (Å²) in [5.74, 6) is 0.138. The maximum atomic E-state index is 11.9. The zero-order chi connectivity index (χ0) is 15.1. The van der Waals surface area contributed by atoms with Gasteiger partial charge in [0.2, 0.25) is 5.91 Å². The van der Waals surface area contributed by atoms with Crippen LogP contribution >= 0.6 is 23.2 Å². The molecule has 0 bridgehead atoms. The predicted molar refractivity (Wildman–Crippen MR) is 82.8 cm³/mol. The number of aromatic amines is 1. The Hall–Kier alpha value is -1.70. The number of carbonyl (C=O) groups excluding carboxylic acids is 1. The zero-order valence-electron chi connectivity index (χ0n) is 11.4. The highest BCUT2D eigenvalue weighted by molar-refractivity contribution is 6.45. The lowest BCUT2D eigenvalue weighted by molar-refractivity contribution is -0.120. The molecule has 0 radical (unpaired) electrons. The molecule has 0 fully saturated rings. The van der Waals surface area contributed by atoms with Gasteiger partial charge in [-0.05, 0) is 17.2 Å². The van der Waals surface area contributed by atoms with Crippen LogP contribution in [0.1, 0.15) is 29.7 Å². The van der Waals surface area contributed by atoms with Crippen molar-refractivity contribution in [3.05, 3.63) is 32.9 Å². The third-order valence-electron chi connectivity index (χ3n) is 3.89. The summed E-state index contributed by atoms with van der Waals surface area (Å²) in [7, 11) is 0. The first-order valence-corrected chi connectivity index (χ1v) is 7.43. The summed E-state index contributed by atoms with van der Waals surface area (Å²) in [6.07, 6.45) is 0.518. The van der Waals surface area contributed by atoms with Gasteiger partial charge in [-0.15, -0.1) is 0 Å². The molecule has 3 rings (SSSR count). The van der Waals surface area contributed by atoms with Gasteiger partial charge in [-0.2, -0.15) is 5.26 Å². The van der Waals surface area contributed by atoms with Gasteiger partial charge < -0.3 is 10.3 Å². The molecule has 0 aliphatic carbocycles. The number of nitrogens with zero attached hydrogens (tertiary/aromatic N) is 1. The second-order valence-corrected chi connectivity index (χ2v) is 6.10. The standard InChI is InChI=1S/C15H13Cl2N3O/c1-7-6-19-11(21)5-9-12-8(2-3-18)4-10(16)13(17)15(12)20-14(7)9/h4,7,20H,2,5-6H2,1H3,(H,19,21). The number of hydrogen-bond donors (Lipinski definition) is 2. The molecule has 1 aromatic heterocycles. The number of halogens is 2. The van der Waals surface area contributed by atoms with E-state index < -0.39 is 0 Å². The number of benzene rings is 1. The molecule has 1 aliphatic heterocycles. The second kappa shape index (κ2) is 5.25. The van der Waals surface area contributed by atoms with Crippen molar-refractivity contribution < 1.29 is 4.79 Å². The lowest BCUT2D eigenvalue weighted by Gasteiger charge is -2.07. The Bertz CT molecular complexity index is 789. The van der Waals surface area contributed by atoms with E-state index in [1.165, 1.54) is 0 Å². The van der Waals surface area contributed by atoms with Gasteiger partial charge in [0.1, 0.15) is 0 Å². The van der Waals surface area contributed by atoms with Crippen LogP contribution in [0.5, 0.6) is 0 Å². The van der Waals surface area contributed by atoms with Gasteiger partial charge >= 0.3 is 0 Å². The molecule has 108 valence electrons. The molecule has 1 aromatic carbocycles. The molecular weight excluding hydrogens is 309 g/mol. The fraction of sp³-hybridized carbons (Fsp3) is 0.333. The minimum Gasteiger partial charge on any atom is -0.357 e. The Labute approximate surface area is 132 Å². The molecule has 1 atom stereocenters. The van der Waals surface area contributed by atoms with Gasteiger partial charge in [0.25, 0.3) is 0 Å². The van der Waals surface area contributed by atoms with Gasteiger partial charge in [-0.3, -0.25) is 4.79 Å². The molecule has 2 aromatic rings. The van der Waals surface area contributed by atoms with E-state index in [0.717, 1.165) is 27.7 Å². The van der Waals surface area contributed by atoms with Crippen LogP contribution in [0, 0.1) is 11.3 Å². The van der Waals surface area contributed by atoms with Crippen molar-refractivity contribution in [1.29, 1.82) is 5.26 Å². The molecule has 4 nitrogen and oxygen atoms in total. The Kier molecular flexibility index (Phi) is 3.56. The number of carbonyl (C=O) groups is 1. The van der Waals surface area contributed by atoms with E-state index in [1.54, 1.807) is 6.07 Å². The maximum Gasteiger partial charge on any atom is 0.224 e. The van der Waals surface area contributed by atoms with Crippen molar-refractivity contribution in [2.75, 3.05) is 6.54 Å². The summed E-state index contributed by atoms with van der Waals surface area (Å²) in [6.45, 7) is 2.62. The summed E-state index contributed by atoms with van der Waals surface area (Å²) in [6, 6.07) is 3.86. The predicted octanol–water partition coefficient (Wildman–Crippen LogP) is 3.32. The molecular formula is C15H13Cl2N3O. The number of nitriles is 1. The van der Waals surface area contributed by atoms with Crippen LogP contribution in [-0.2, 0) is 17.6 Å². The average molecular weight is 322 g/mol. The number of nitrogens with one attached hydrogen (secondary N) is 2. The van der Waals surface area contributed by atoms with E-state index in [4.69, 9.17) is 28.5 Å². The van der Waals surface area contributed by atoms with Crippen LogP contribution in [-0.4, -0.2) is 17.4 Å². The van der Waals surface area contributed by atoms with E-state index in [2.05, 4.69) is 16.4 Å². The van der Waals surface area contributed by atoms with Crippen LogP contribution in [0.25, 0.3) is 10.9 Å². The minimum atomic E-state index is -0.0181. The lowest BCUT2D eigenvalue weighted by atomic mass is 9.97. The summed E-state index contributed by atoms with van der Waals surface area (Å²) >= 11 is 12.4. The fourth-order valence-corrected chi connectivity index (χ4v) is 3.33.